The predicted molar refractivity (Wildman–Crippen MR) is 108 cm³/mol. The highest BCUT2D eigenvalue weighted by Gasteiger charge is 2.30. The van der Waals surface area contributed by atoms with E-state index in [-0.39, 0.29) is 30.6 Å². The Labute approximate surface area is 167 Å². The van der Waals surface area contributed by atoms with Gasteiger partial charge in [-0.1, -0.05) is 0 Å². The van der Waals surface area contributed by atoms with Gasteiger partial charge in [0.05, 0.1) is 17.8 Å². The molecule has 0 saturated carbocycles. The lowest BCUT2D eigenvalue weighted by Crippen LogP contribution is -2.50. The van der Waals surface area contributed by atoms with Gasteiger partial charge in [0, 0.05) is 51.0 Å². The summed E-state index contributed by atoms with van der Waals surface area (Å²) in [5.74, 6) is 0.172. The van der Waals surface area contributed by atoms with Gasteiger partial charge in [0.15, 0.2) is 0 Å². The average Bonchev–Trinajstić information content (AvgIpc) is 3.16. The molecule has 2 aliphatic rings. The first-order valence-corrected chi connectivity index (χ1v) is 10.2. The Morgan fingerprint density at radius 1 is 1.18 bits per heavy atom. The van der Waals surface area contributed by atoms with E-state index in [1.54, 1.807) is 6.92 Å². The van der Waals surface area contributed by atoms with Crippen molar-refractivity contribution in [2.24, 2.45) is 0 Å². The second-order valence-electron chi connectivity index (χ2n) is 7.99. The summed E-state index contributed by atoms with van der Waals surface area (Å²) in [7, 11) is 0. The van der Waals surface area contributed by atoms with Crippen LogP contribution in [0.5, 0.6) is 0 Å². The molecule has 1 atom stereocenters. The van der Waals surface area contributed by atoms with Crippen LogP contribution in [0.15, 0.2) is 12.1 Å². The summed E-state index contributed by atoms with van der Waals surface area (Å²) in [4.78, 5) is 35.0. The molecule has 7 heteroatoms. The van der Waals surface area contributed by atoms with Gasteiger partial charge in [0.25, 0.3) is 0 Å². The second kappa shape index (κ2) is 8.90. The smallest absolute Gasteiger partial charge is 0.248 e. The lowest BCUT2D eigenvalue weighted by molar-refractivity contribution is -0.137. The third-order valence-corrected chi connectivity index (χ3v) is 5.49. The zero-order valence-electron chi connectivity index (χ0n) is 17.5. The number of carbonyl (C=O) groups is 2. The van der Waals surface area contributed by atoms with Crippen LogP contribution in [-0.2, 0) is 14.3 Å². The maximum absolute atomic E-state index is 12.3. The van der Waals surface area contributed by atoms with Crippen molar-refractivity contribution in [2.75, 3.05) is 44.2 Å². The molecule has 2 saturated heterocycles. The van der Waals surface area contributed by atoms with Crippen molar-refractivity contribution < 1.29 is 14.3 Å². The molecule has 0 spiro atoms. The fourth-order valence-corrected chi connectivity index (χ4v) is 4.02. The van der Waals surface area contributed by atoms with Crippen molar-refractivity contribution in [2.45, 2.75) is 52.7 Å². The summed E-state index contributed by atoms with van der Waals surface area (Å²) in [6.45, 7) is 11.4. The first-order valence-electron chi connectivity index (χ1n) is 10.2. The van der Waals surface area contributed by atoms with Gasteiger partial charge in [-0.3, -0.25) is 14.6 Å². The maximum atomic E-state index is 12.3. The van der Waals surface area contributed by atoms with Crippen molar-refractivity contribution in [1.82, 2.24) is 14.8 Å². The van der Waals surface area contributed by atoms with Crippen LogP contribution in [0.2, 0.25) is 0 Å². The van der Waals surface area contributed by atoms with Gasteiger partial charge in [-0.2, -0.15) is 0 Å². The molecule has 0 bridgehead atoms. The number of pyridine rings is 1. The zero-order chi connectivity index (χ0) is 20.3. The molecule has 0 aliphatic carbocycles. The Morgan fingerprint density at radius 3 is 2.54 bits per heavy atom. The SMILES string of the molecule is CC(=O)N1CCCC1c1cc(N2CCN(C(=O)COC(C)C)CC2)cc(C)n1. The predicted octanol–water partition coefficient (Wildman–Crippen LogP) is 2.15. The molecule has 3 rings (SSSR count). The van der Waals surface area contributed by atoms with E-state index in [4.69, 9.17) is 9.72 Å². The molecule has 2 fully saturated rings. The standard InChI is InChI=1S/C21H32N4O3/c1-15(2)28-14-21(27)24-10-8-23(9-11-24)18-12-16(3)22-19(13-18)20-6-5-7-25(20)17(4)26/h12-13,15,20H,5-11,14H2,1-4H3. The first-order chi connectivity index (χ1) is 13.3. The number of carbonyl (C=O) groups excluding carboxylic acids is 2. The van der Waals surface area contributed by atoms with Crippen molar-refractivity contribution in [3.8, 4) is 0 Å². The van der Waals surface area contributed by atoms with E-state index >= 15 is 0 Å². The quantitative estimate of drug-likeness (QED) is 0.773. The Hall–Kier alpha value is -2.15. The van der Waals surface area contributed by atoms with E-state index in [1.165, 1.54) is 0 Å². The van der Waals surface area contributed by atoms with Crippen LogP contribution < -0.4 is 4.90 Å². The second-order valence-corrected chi connectivity index (χ2v) is 7.99. The molecule has 0 aromatic carbocycles. The first kappa shape index (κ1) is 20.6. The summed E-state index contributed by atoms with van der Waals surface area (Å²) in [6, 6.07) is 4.29. The van der Waals surface area contributed by atoms with Gasteiger partial charge in [0.2, 0.25) is 11.8 Å². The van der Waals surface area contributed by atoms with Crippen LogP contribution >= 0.6 is 0 Å². The highest BCUT2D eigenvalue weighted by Crippen LogP contribution is 2.33. The van der Waals surface area contributed by atoms with Crippen LogP contribution in [-0.4, -0.2) is 72.0 Å². The molecule has 2 aliphatic heterocycles. The lowest BCUT2D eigenvalue weighted by atomic mass is 10.1. The highest BCUT2D eigenvalue weighted by molar-refractivity contribution is 5.78. The van der Waals surface area contributed by atoms with Crippen LogP contribution in [0.4, 0.5) is 5.69 Å². The van der Waals surface area contributed by atoms with Gasteiger partial charge in [-0.25, -0.2) is 0 Å². The summed E-state index contributed by atoms with van der Waals surface area (Å²) >= 11 is 0. The van der Waals surface area contributed by atoms with Crippen LogP contribution in [0.3, 0.4) is 0 Å². The molecule has 7 nitrogen and oxygen atoms in total. The van der Waals surface area contributed by atoms with Crippen LogP contribution in [0, 0.1) is 6.92 Å². The van der Waals surface area contributed by atoms with Crippen molar-refractivity contribution in [3.05, 3.63) is 23.5 Å². The third-order valence-electron chi connectivity index (χ3n) is 5.49. The molecule has 1 unspecified atom stereocenters. The monoisotopic (exact) mass is 388 g/mol. The number of aryl methyl sites for hydroxylation is 1. The van der Waals surface area contributed by atoms with Gasteiger partial charge in [-0.15, -0.1) is 0 Å². The largest absolute Gasteiger partial charge is 0.369 e. The molecule has 0 N–H and O–H groups in total. The van der Waals surface area contributed by atoms with E-state index in [0.717, 1.165) is 49.6 Å². The Bertz CT molecular complexity index is 714. The minimum atomic E-state index is 0.0583. The molecular weight excluding hydrogens is 356 g/mol. The number of anilines is 1. The summed E-state index contributed by atoms with van der Waals surface area (Å²) in [5, 5.41) is 0. The number of likely N-dealkylation sites (tertiary alicyclic amines) is 1. The van der Waals surface area contributed by atoms with E-state index in [9.17, 15) is 9.59 Å². The summed E-state index contributed by atoms with van der Waals surface area (Å²) in [6.07, 6.45) is 2.05. The molecule has 2 amide bonds. The van der Waals surface area contributed by atoms with Crippen molar-refractivity contribution in [1.29, 1.82) is 0 Å². The van der Waals surface area contributed by atoms with Crippen LogP contribution in [0.25, 0.3) is 0 Å². The molecule has 154 valence electrons. The lowest BCUT2D eigenvalue weighted by Gasteiger charge is -2.36. The minimum absolute atomic E-state index is 0.0583. The number of amides is 2. The minimum Gasteiger partial charge on any atom is -0.369 e. The number of rotatable bonds is 5. The van der Waals surface area contributed by atoms with Crippen LogP contribution in [0.1, 0.15) is 51.0 Å². The van der Waals surface area contributed by atoms with E-state index < -0.39 is 0 Å². The van der Waals surface area contributed by atoms with Gasteiger partial charge < -0.3 is 19.4 Å². The number of hydrogen-bond donors (Lipinski definition) is 0. The fourth-order valence-electron chi connectivity index (χ4n) is 4.02. The Kier molecular flexibility index (Phi) is 6.54. The number of nitrogens with zero attached hydrogens (tertiary/aromatic N) is 4. The number of aromatic nitrogens is 1. The fraction of sp³-hybridized carbons (Fsp3) is 0.667. The van der Waals surface area contributed by atoms with Gasteiger partial charge in [0.1, 0.15) is 6.61 Å². The number of ether oxygens (including phenoxy) is 1. The summed E-state index contributed by atoms with van der Waals surface area (Å²) in [5.41, 5.74) is 3.07. The normalized spacial score (nSPS) is 20.2. The molecular formula is C21H32N4O3. The van der Waals surface area contributed by atoms with Gasteiger partial charge in [-0.05, 0) is 45.7 Å². The maximum Gasteiger partial charge on any atom is 0.248 e. The van der Waals surface area contributed by atoms with E-state index in [1.807, 2.05) is 30.6 Å². The van der Waals surface area contributed by atoms with Crippen molar-refractivity contribution >= 4 is 17.5 Å². The number of piperazine rings is 1. The molecule has 0 radical (unpaired) electrons. The highest BCUT2D eigenvalue weighted by atomic mass is 16.5. The Balaban J connectivity index is 1.66. The molecule has 1 aromatic heterocycles. The topological polar surface area (TPSA) is 66.0 Å². The molecule has 28 heavy (non-hydrogen) atoms. The average molecular weight is 389 g/mol. The number of hydrogen-bond acceptors (Lipinski definition) is 5. The Morgan fingerprint density at radius 2 is 1.89 bits per heavy atom. The van der Waals surface area contributed by atoms with Crippen molar-refractivity contribution in [3.63, 3.8) is 0 Å². The molecule has 1 aromatic rings. The third kappa shape index (κ3) is 4.82. The zero-order valence-corrected chi connectivity index (χ0v) is 17.5. The van der Waals surface area contributed by atoms with E-state index in [2.05, 4.69) is 17.0 Å². The van der Waals surface area contributed by atoms with Gasteiger partial charge >= 0.3 is 0 Å². The molecule has 3 heterocycles. The van der Waals surface area contributed by atoms with E-state index in [0.29, 0.717) is 13.1 Å². The summed E-state index contributed by atoms with van der Waals surface area (Å²) < 4.78 is 5.44.